The Labute approximate surface area is 167 Å². The molecule has 1 amide bonds. The summed E-state index contributed by atoms with van der Waals surface area (Å²) in [5, 5.41) is 0. The number of ether oxygens (including phenoxy) is 1. The Balaban J connectivity index is 1.66. The van der Waals surface area contributed by atoms with E-state index in [0.717, 1.165) is 33.6 Å². The minimum absolute atomic E-state index is 0.0745. The van der Waals surface area contributed by atoms with E-state index in [0.29, 0.717) is 26.2 Å². The van der Waals surface area contributed by atoms with E-state index in [2.05, 4.69) is 26.6 Å². The van der Waals surface area contributed by atoms with Gasteiger partial charge in [-0.15, -0.1) is 0 Å². The third-order valence-corrected chi connectivity index (χ3v) is 5.45. The van der Waals surface area contributed by atoms with E-state index >= 15 is 0 Å². The molecule has 5 nitrogen and oxygen atoms in total. The van der Waals surface area contributed by atoms with Crippen LogP contribution in [0.3, 0.4) is 0 Å². The number of rotatable bonds is 6. The highest BCUT2D eigenvalue weighted by Gasteiger charge is 2.34. The van der Waals surface area contributed by atoms with Crippen LogP contribution in [-0.2, 0) is 16.1 Å². The fourth-order valence-electron chi connectivity index (χ4n) is 3.72. The van der Waals surface area contributed by atoms with Gasteiger partial charge in [0.1, 0.15) is 5.82 Å². The lowest BCUT2D eigenvalue weighted by molar-refractivity contribution is -0.117. The third kappa shape index (κ3) is 3.64. The van der Waals surface area contributed by atoms with E-state index in [1.165, 1.54) is 0 Å². The Morgan fingerprint density at radius 2 is 2.07 bits per heavy atom. The van der Waals surface area contributed by atoms with Gasteiger partial charge in [-0.1, -0.05) is 34.1 Å². The lowest BCUT2D eigenvalue weighted by Crippen LogP contribution is -2.24. The first-order valence-electron chi connectivity index (χ1n) is 9.26. The van der Waals surface area contributed by atoms with Crippen LogP contribution < -0.4 is 4.90 Å². The Kier molecular flexibility index (Phi) is 5.27. The van der Waals surface area contributed by atoms with Gasteiger partial charge in [0.25, 0.3) is 0 Å². The fraction of sp³-hybridized carbons (Fsp3) is 0.333. The standard InChI is InChI=1S/C21H22BrN3O2/c1-2-27-11-10-24-19-9-4-3-8-18(19)23-21(24)15-12-20(26)25(14-15)17-7-5-6-16(22)13-17/h3-9,13,15H,2,10-12,14H2,1H3. The lowest BCUT2D eigenvalue weighted by Gasteiger charge is -2.17. The van der Waals surface area contributed by atoms with E-state index in [-0.39, 0.29) is 11.8 Å². The number of para-hydroxylation sites is 2. The molecule has 0 bridgehead atoms. The molecule has 1 saturated heterocycles. The van der Waals surface area contributed by atoms with Gasteiger partial charge in [0, 0.05) is 42.2 Å². The molecule has 6 heteroatoms. The predicted octanol–water partition coefficient (Wildman–Crippen LogP) is 4.36. The Bertz CT molecular complexity index is 969. The smallest absolute Gasteiger partial charge is 0.227 e. The second kappa shape index (κ2) is 7.82. The van der Waals surface area contributed by atoms with Gasteiger partial charge >= 0.3 is 0 Å². The number of nitrogens with zero attached hydrogens (tertiary/aromatic N) is 3. The molecule has 1 aliphatic heterocycles. The van der Waals surface area contributed by atoms with Gasteiger partial charge in [0.05, 0.1) is 17.6 Å². The number of benzene rings is 2. The zero-order valence-electron chi connectivity index (χ0n) is 15.3. The van der Waals surface area contributed by atoms with Crippen LogP contribution in [0.4, 0.5) is 5.69 Å². The van der Waals surface area contributed by atoms with E-state index < -0.39 is 0 Å². The number of hydrogen-bond donors (Lipinski definition) is 0. The van der Waals surface area contributed by atoms with Crippen LogP contribution in [0.25, 0.3) is 11.0 Å². The van der Waals surface area contributed by atoms with Gasteiger partial charge in [-0.2, -0.15) is 0 Å². The molecule has 1 unspecified atom stereocenters. The molecule has 1 fully saturated rings. The molecule has 1 aliphatic rings. The molecule has 0 spiro atoms. The van der Waals surface area contributed by atoms with Crippen molar-refractivity contribution in [2.24, 2.45) is 0 Å². The van der Waals surface area contributed by atoms with Crippen molar-refractivity contribution >= 4 is 38.6 Å². The summed E-state index contributed by atoms with van der Waals surface area (Å²) in [4.78, 5) is 19.4. The van der Waals surface area contributed by atoms with Gasteiger partial charge in [0.15, 0.2) is 0 Å². The lowest BCUT2D eigenvalue weighted by atomic mass is 10.1. The van der Waals surface area contributed by atoms with Crippen LogP contribution in [0.1, 0.15) is 25.1 Å². The molecule has 3 aromatic rings. The first-order chi connectivity index (χ1) is 13.2. The second-order valence-electron chi connectivity index (χ2n) is 6.69. The minimum Gasteiger partial charge on any atom is -0.380 e. The van der Waals surface area contributed by atoms with Crippen LogP contribution in [0.5, 0.6) is 0 Å². The number of amides is 1. The van der Waals surface area contributed by atoms with Gasteiger partial charge < -0.3 is 14.2 Å². The largest absolute Gasteiger partial charge is 0.380 e. The van der Waals surface area contributed by atoms with E-state index in [1.807, 2.05) is 54.3 Å². The highest BCUT2D eigenvalue weighted by atomic mass is 79.9. The average molecular weight is 428 g/mol. The van der Waals surface area contributed by atoms with Crippen molar-refractivity contribution < 1.29 is 9.53 Å². The number of aromatic nitrogens is 2. The number of imidazole rings is 1. The van der Waals surface area contributed by atoms with Crippen molar-refractivity contribution in [2.45, 2.75) is 25.8 Å². The van der Waals surface area contributed by atoms with E-state index in [1.54, 1.807) is 0 Å². The zero-order chi connectivity index (χ0) is 18.8. The van der Waals surface area contributed by atoms with Crippen LogP contribution in [0, 0.1) is 0 Å². The Morgan fingerprint density at radius 3 is 2.89 bits per heavy atom. The summed E-state index contributed by atoms with van der Waals surface area (Å²) in [7, 11) is 0. The van der Waals surface area contributed by atoms with Gasteiger partial charge in [-0.05, 0) is 37.3 Å². The van der Waals surface area contributed by atoms with Crippen molar-refractivity contribution in [3.05, 3.63) is 58.8 Å². The summed E-state index contributed by atoms with van der Waals surface area (Å²) in [5.74, 6) is 1.19. The van der Waals surface area contributed by atoms with Gasteiger partial charge in [-0.3, -0.25) is 4.79 Å². The van der Waals surface area contributed by atoms with Crippen LogP contribution in [-0.4, -0.2) is 35.2 Å². The van der Waals surface area contributed by atoms with E-state index in [9.17, 15) is 4.79 Å². The van der Waals surface area contributed by atoms with Crippen molar-refractivity contribution in [1.29, 1.82) is 0 Å². The molecule has 2 heterocycles. The summed E-state index contributed by atoms with van der Waals surface area (Å²) in [5.41, 5.74) is 2.99. The maximum atomic E-state index is 12.7. The van der Waals surface area contributed by atoms with Crippen LogP contribution in [0.15, 0.2) is 53.0 Å². The number of halogens is 1. The first-order valence-corrected chi connectivity index (χ1v) is 10.1. The summed E-state index contributed by atoms with van der Waals surface area (Å²) in [6.07, 6.45) is 0.477. The van der Waals surface area contributed by atoms with Gasteiger partial charge in [-0.25, -0.2) is 4.98 Å². The number of carbonyl (C=O) groups excluding carboxylic acids is 1. The molecule has 0 saturated carbocycles. The quantitative estimate of drug-likeness (QED) is 0.549. The van der Waals surface area contributed by atoms with Crippen molar-refractivity contribution in [1.82, 2.24) is 9.55 Å². The Hall–Kier alpha value is -2.18. The molecule has 0 N–H and O–H groups in total. The molecule has 140 valence electrons. The molecule has 1 atom stereocenters. The van der Waals surface area contributed by atoms with E-state index in [4.69, 9.17) is 9.72 Å². The zero-order valence-corrected chi connectivity index (χ0v) is 16.9. The normalized spacial score (nSPS) is 17.2. The maximum absolute atomic E-state index is 12.7. The number of anilines is 1. The Morgan fingerprint density at radius 1 is 1.22 bits per heavy atom. The number of fused-ring (bicyclic) bond motifs is 1. The fourth-order valence-corrected chi connectivity index (χ4v) is 4.10. The van der Waals surface area contributed by atoms with Crippen molar-refractivity contribution in [3.8, 4) is 0 Å². The average Bonchev–Trinajstić information content (AvgIpc) is 3.23. The van der Waals surface area contributed by atoms with Crippen LogP contribution in [0.2, 0.25) is 0 Å². The molecular formula is C21H22BrN3O2. The SMILES string of the molecule is CCOCCn1c(C2CC(=O)N(c3cccc(Br)c3)C2)nc2ccccc21. The predicted molar refractivity (Wildman–Crippen MR) is 110 cm³/mol. The van der Waals surface area contributed by atoms with Crippen molar-refractivity contribution in [3.63, 3.8) is 0 Å². The minimum atomic E-state index is 0.0745. The first kappa shape index (κ1) is 18.2. The molecule has 0 radical (unpaired) electrons. The molecule has 1 aromatic heterocycles. The monoisotopic (exact) mass is 427 g/mol. The van der Waals surface area contributed by atoms with Crippen molar-refractivity contribution in [2.75, 3.05) is 24.7 Å². The second-order valence-corrected chi connectivity index (χ2v) is 7.61. The highest BCUT2D eigenvalue weighted by molar-refractivity contribution is 9.10. The summed E-state index contributed by atoms with van der Waals surface area (Å²) in [6, 6.07) is 16.0. The molecule has 27 heavy (non-hydrogen) atoms. The third-order valence-electron chi connectivity index (χ3n) is 4.96. The number of hydrogen-bond acceptors (Lipinski definition) is 3. The molecule has 4 rings (SSSR count). The molecular weight excluding hydrogens is 406 g/mol. The van der Waals surface area contributed by atoms with Gasteiger partial charge in [0.2, 0.25) is 5.91 Å². The summed E-state index contributed by atoms with van der Waals surface area (Å²) >= 11 is 3.49. The summed E-state index contributed by atoms with van der Waals surface area (Å²) < 4.78 is 8.75. The molecule has 0 aliphatic carbocycles. The topological polar surface area (TPSA) is 47.4 Å². The summed E-state index contributed by atoms with van der Waals surface area (Å²) in [6.45, 7) is 4.72. The number of carbonyl (C=O) groups is 1. The molecule has 2 aromatic carbocycles. The van der Waals surface area contributed by atoms with Crippen LogP contribution >= 0.6 is 15.9 Å². The maximum Gasteiger partial charge on any atom is 0.227 e. The highest BCUT2D eigenvalue weighted by Crippen LogP contribution is 2.34.